The van der Waals surface area contributed by atoms with Crippen LogP contribution in [0.3, 0.4) is 0 Å². The van der Waals surface area contributed by atoms with Crippen LogP contribution in [0, 0.1) is 17.1 Å². The first-order valence-electron chi connectivity index (χ1n) is 6.00. The van der Waals surface area contributed by atoms with E-state index in [1.807, 2.05) is 11.9 Å². The van der Waals surface area contributed by atoms with Crippen molar-refractivity contribution in [1.29, 1.82) is 5.41 Å². The molecule has 2 rings (SSSR count). The number of aliphatic hydroxyl groups is 1. The van der Waals surface area contributed by atoms with Crippen molar-refractivity contribution in [1.82, 2.24) is 0 Å². The van der Waals surface area contributed by atoms with Crippen molar-refractivity contribution in [2.45, 2.75) is 18.9 Å². The van der Waals surface area contributed by atoms with Crippen LogP contribution in [-0.2, 0) is 0 Å². The fourth-order valence-electron chi connectivity index (χ4n) is 2.39. The van der Waals surface area contributed by atoms with Crippen molar-refractivity contribution < 1.29 is 9.50 Å². The number of rotatable bonds is 4. The molecular formula is C13H18FN3O. The summed E-state index contributed by atoms with van der Waals surface area (Å²) in [6, 6.07) is 4.29. The molecule has 0 aliphatic heterocycles. The summed E-state index contributed by atoms with van der Waals surface area (Å²) < 4.78 is 13.2. The summed E-state index contributed by atoms with van der Waals surface area (Å²) in [5, 5.41) is 16.7. The van der Waals surface area contributed by atoms with Gasteiger partial charge in [0.15, 0.2) is 0 Å². The van der Waals surface area contributed by atoms with Gasteiger partial charge in [0.2, 0.25) is 0 Å². The standard InChI is InChI=1S/C13H18FN3O/c1-17(7-8-4-10(18)5-8)12-3-2-9(14)6-11(12)13(15)16/h2-3,6,8,10,18H,4-5,7H2,1H3,(H3,15,16). The number of nitrogens with zero attached hydrogens (tertiary/aromatic N) is 1. The normalized spacial score (nSPS) is 22.4. The molecule has 98 valence electrons. The van der Waals surface area contributed by atoms with E-state index in [9.17, 15) is 9.50 Å². The predicted molar refractivity (Wildman–Crippen MR) is 69.4 cm³/mol. The lowest BCUT2D eigenvalue weighted by atomic mass is 9.82. The van der Waals surface area contributed by atoms with E-state index in [2.05, 4.69) is 0 Å². The van der Waals surface area contributed by atoms with E-state index in [1.165, 1.54) is 12.1 Å². The predicted octanol–water partition coefficient (Wildman–Crippen LogP) is 1.32. The molecule has 1 fully saturated rings. The highest BCUT2D eigenvalue weighted by Gasteiger charge is 2.28. The van der Waals surface area contributed by atoms with Crippen LogP contribution in [0.2, 0.25) is 0 Å². The second kappa shape index (κ2) is 4.94. The maximum atomic E-state index is 13.2. The van der Waals surface area contributed by atoms with Gasteiger partial charge in [-0.05, 0) is 37.0 Å². The molecule has 0 heterocycles. The fraction of sp³-hybridized carbons (Fsp3) is 0.462. The molecule has 5 heteroatoms. The number of halogens is 1. The zero-order chi connectivity index (χ0) is 13.3. The Labute approximate surface area is 106 Å². The molecule has 4 N–H and O–H groups in total. The summed E-state index contributed by atoms with van der Waals surface area (Å²) in [5.41, 5.74) is 6.64. The highest BCUT2D eigenvalue weighted by atomic mass is 19.1. The van der Waals surface area contributed by atoms with E-state index in [1.54, 1.807) is 6.07 Å². The van der Waals surface area contributed by atoms with Crippen LogP contribution in [0.4, 0.5) is 10.1 Å². The zero-order valence-corrected chi connectivity index (χ0v) is 10.4. The molecule has 0 saturated heterocycles. The third-order valence-corrected chi connectivity index (χ3v) is 3.40. The molecule has 1 aromatic rings. The van der Waals surface area contributed by atoms with E-state index in [0.29, 0.717) is 11.5 Å². The minimum absolute atomic E-state index is 0.134. The highest BCUT2D eigenvalue weighted by Crippen LogP contribution is 2.30. The molecule has 1 aliphatic rings. The maximum absolute atomic E-state index is 13.2. The molecule has 0 amide bonds. The van der Waals surface area contributed by atoms with Crippen LogP contribution >= 0.6 is 0 Å². The van der Waals surface area contributed by atoms with Gasteiger partial charge in [-0.3, -0.25) is 5.41 Å². The summed E-state index contributed by atoms with van der Waals surface area (Å²) in [4.78, 5) is 1.96. The molecule has 0 bridgehead atoms. The lowest BCUT2D eigenvalue weighted by Gasteiger charge is -2.35. The maximum Gasteiger partial charge on any atom is 0.125 e. The highest BCUT2D eigenvalue weighted by molar-refractivity contribution is 6.00. The Balaban J connectivity index is 2.13. The molecule has 0 atom stereocenters. The van der Waals surface area contributed by atoms with Crippen molar-refractivity contribution in [3.8, 4) is 0 Å². The number of hydrogen-bond acceptors (Lipinski definition) is 3. The van der Waals surface area contributed by atoms with E-state index >= 15 is 0 Å². The Morgan fingerprint density at radius 3 is 2.78 bits per heavy atom. The van der Waals surface area contributed by atoms with Gasteiger partial charge in [-0.1, -0.05) is 0 Å². The Morgan fingerprint density at radius 1 is 1.56 bits per heavy atom. The molecular weight excluding hydrogens is 233 g/mol. The molecule has 0 radical (unpaired) electrons. The summed E-state index contributed by atoms with van der Waals surface area (Å²) in [7, 11) is 1.89. The number of amidine groups is 1. The van der Waals surface area contributed by atoms with Crippen LogP contribution in [0.15, 0.2) is 18.2 Å². The van der Waals surface area contributed by atoms with Crippen molar-refractivity contribution in [3.05, 3.63) is 29.6 Å². The fourth-order valence-corrected chi connectivity index (χ4v) is 2.39. The Bertz CT molecular complexity index is 458. The van der Waals surface area contributed by atoms with Crippen LogP contribution in [0.5, 0.6) is 0 Å². The van der Waals surface area contributed by atoms with E-state index < -0.39 is 5.82 Å². The Morgan fingerprint density at radius 2 is 2.22 bits per heavy atom. The van der Waals surface area contributed by atoms with E-state index in [4.69, 9.17) is 11.1 Å². The van der Waals surface area contributed by atoms with E-state index in [-0.39, 0.29) is 11.9 Å². The Kier molecular flexibility index (Phi) is 3.52. The topological polar surface area (TPSA) is 73.3 Å². The van der Waals surface area contributed by atoms with Gasteiger partial charge in [0.25, 0.3) is 0 Å². The zero-order valence-electron chi connectivity index (χ0n) is 10.4. The number of anilines is 1. The van der Waals surface area contributed by atoms with Gasteiger partial charge in [0.1, 0.15) is 11.7 Å². The van der Waals surface area contributed by atoms with Gasteiger partial charge in [-0.25, -0.2) is 4.39 Å². The van der Waals surface area contributed by atoms with Gasteiger partial charge in [0, 0.05) is 24.8 Å². The van der Waals surface area contributed by atoms with Gasteiger partial charge >= 0.3 is 0 Å². The van der Waals surface area contributed by atoms with Gasteiger partial charge in [0.05, 0.1) is 6.10 Å². The largest absolute Gasteiger partial charge is 0.393 e. The minimum atomic E-state index is -0.392. The molecule has 1 aliphatic carbocycles. The summed E-state index contributed by atoms with van der Waals surface area (Å²) in [6.07, 6.45) is 1.44. The molecule has 1 aromatic carbocycles. The molecule has 1 saturated carbocycles. The third-order valence-electron chi connectivity index (χ3n) is 3.40. The minimum Gasteiger partial charge on any atom is -0.393 e. The number of benzene rings is 1. The average molecular weight is 251 g/mol. The van der Waals surface area contributed by atoms with Gasteiger partial charge in [-0.2, -0.15) is 0 Å². The van der Waals surface area contributed by atoms with Crippen molar-refractivity contribution >= 4 is 11.5 Å². The second-order valence-corrected chi connectivity index (χ2v) is 4.95. The summed E-state index contributed by atoms with van der Waals surface area (Å²) in [6.45, 7) is 0.781. The van der Waals surface area contributed by atoms with Crippen molar-refractivity contribution in [2.75, 3.05) is 18.5 Å². The van der Waals surface area contributed by atoms with Gasteiger partial charge < -0.3 is 15.7 Å². The van der Waals surface area contributed by atoms with Crippen molar-refractivity contribution in [2.24, 2.45) is 11.7 Å². The molecule has 0 unspecified atom stereocenters. The summed E-state index contributed by atoms with van der Waals surface area (Å²) >= 11 is 0. The Hall–Kier alpha value is -1.62. The number of hydrogen-bond donors (Lipinski definition) is 3. The van der Waals surface area contributed by atoms with E-state index in [0.717, 1.165) is 25.1 Å². The molecule has 18 heavy (non-hydrogen) atoms. The number of aliphatic hydroxyl groups excluding tert-OH is 1. The number of nitrogens with one attached hydrogen (secondary N) is 1. The molecule has 4 nitrogen and oxygen atoms in total. The van der Waals surface area contributed by atoms with Crippen molar-refractivity contribution in [3.63, 3.8) is 0 Å². The molecule has 0 aromatic heterocycles. The smallest absolute Gasteiger partial charge is 0.125 e. The number of nitrogens with two attached hydrogens (primary N) is 1. The first-order valence-corrected chi connectivity index (χ1v) is 6.00. The first kappa shape index (κ1) is 12.8. The van der Waals surface area contributed by atoms with Gasteiger partial charge in [-0.15, -0.1) is 0 Å². The second-order valence-electron chi connectivity index (χ2n) is 4.95. The first-order chi connectivity index (χ1) is 8.47. The van der Waals surface area contributed by atoms with Crippen LogP contribution < -0.4 is 10.6 Å². The monoisotopic (exact) mass is 251 g/mol. The summed E-state index contributed by atoms with van der Waals surface area (Å²) in [5.74, 6) is -0.0729. The average Bonchev–Trinajstić information content (AvgIpc) is 2.26. The van der Waals surface area contributed by atoms with Crippen LogP contribution in [0.25, 0.3) is 0 Å². The van der Waals surface area contributed by atoms with Crippen LogP contribution in [-0.4, -0.2) is 30.6 Å². The van der Waals surface area contributed by atoms with Crippen LogP contribution in [0.1, 0.15) is 18.4 Å². The number of nitrogen functional groups attached to an aromatic ring is 1. The third kappa shape index (κ3) is 2.61. The SMILES string of the molecule is CN(CC1CC(O)C1)c1ccc(F)cc1C(=N)N. The molecule has 0 spiro atoms. The quantitative estimate of drug-likeness (QED) is 0.558. The lowest BCUT2D eigenvalue weighted by molar-refractivity contribution is 0.0465. The lowest BCUT2D eigenvalue weighted by Crippen LogP contribution is -2.37.